The molecule has 0 aliphatic heterocycles. The summed E-state index contributed by atoms with van der Waals surface area (Å²) >= 11 is 3.43. The molecule has 0 saturated heterocycles. The molecule has 1 N–H and O–H groups in total. The standard InChI is InChI=1S/C14H20BrNO/c1-11(12-7-5-4-6-8-12)16-13(17)9-14(2,3)10-15/h4-8,11H,9-10H2,1-3H3,(H,16,17). The van der Waals surface area contributed by atoms with Crippen LogP contribution in [-0.4, -0.2) is 11.2 Å². The Balaban J connectivity index is 2.52. The molecule has 94 valence electrons. The van der Waals surface area contributed by atoms with Crippen LogP contribution in [0.5, 0.6) is 0 Å². The molecule has 0 aliphatic carbocycles. The molecule has 0 bridgehead atoms. The third kappa shape index (κ3) is 4.90. The smallest absolute Gasteiger partial charge is 0.221 e. The Morgan fingerprint density at radius 1 is 1.35 bits per heavy atom. The highest BCUT2D eigenvalue weighted by Crippen LogP contribution is 2.23. The first-order chi connectivity index (χ1) is 7.94. The van der Waals surface area contributed by atoms with Crippen molar-refractivity contribution in [3.05, 3.63) is 35.9 Å². The van der Waals surface area contributed by atoms with E-state index in [-0.39, 0.29) is 17.4 Å². The van der Waals surface area contributed by atoms with Crippen LogP contribution in [0.1, 0.15) is 38.8 Å². The van der Waals surface area contributed by atoms with Crippen LogP contribution in [0.3, 0.4) is 0 Å². The lowest BCUT2D eigenvalue weighted by Crippen LogP contribution is -2.31. The summed E-state index contributed by atoms with van der Waals surface area (Å²) in [5.74, 6) is 0.103. The number of hydrogen-bond donors (Lipinski definition) is 1. The number of alkyl halides is 1. The molecule has 0 saturated carbocycles. The number of nitrogens with one attached hydrogen (secondary N) is 1. The molecule has 17 heavy (non-hydrogen) atoms. The molecule has 1 aromatic rings. The molecule has 1 rings (SSSR count). The van der Waals surface area contributed by atoms with Crippen LogP contribution in [-0.2, 0) is 4.79 Å². The maximum atomic E-state index is 11.9. The number of carbonyl (C=O) groups is 1. The highest BCUT2D eigenvalue weighted by atomic mass is 79.9. The van der Waals surface area contributed by atoms with Crippen molar-refractivity contribution in [3.8, 4) is 0 Å². The third-order valence-electron chi connectivity index (χ3n) is 2.68. The van der Waals surface area contributed by atoms with Gasteiger partial charge in [0.05, 0.1) is 6.04 Å². The molecule has 0 spiro atoms. The van der Waals surface area contributed by atoms with Gasteiger partial charge in [0.15, 0.2) is 0 Å². The van der Waals surface area contributed by atoms with Gasteiger partial charge in [0.2, 0.25) is 5.91 Å². The molecule has 2 nitrogen and oxygen atoms in total. The highest BCUT2D eigenvalue weighted by molar-refractivity contribution is 9.09. The molecule has 3 heteroatoms. The van der Waals surface area contributed by atoms with Gasteiger partial charge in [0, 0.05) is 11.8 Å². The molecule has 1 aromatic carbocycles. The van der Waals surface area contributed by atoms with Crippen molar-refractivity contribution in [1.29, 1.82) is 0 Å². The average Bonchev–Trinajstić information content (AvgIpc) is 2.29. The number of hydrogen-bond acceptors (Lipinski definition) is 1. The van der Waals surface area contributed by atoms with Gasteiger partial charge in [-0.3, -0.25) is 4.79 Å². The minimum Gasteiger partial charge on any atom is -0.350 e. The lowest BCUT2D eigenvalue weighted by atomic mass is 9.91. The Hall–Kier alpha value is -0.830. The molecule has 0 aromatic heterocycles. The summed E-state index contributed by atoms with van der Waals surface area (Å²) < 4.78 is 0. The Kier molecular flexibility index (Phi) is 5.19. The second kappa shape index (κ2) is 6.20. The predicted octanol–water partition coefficient (Wildman–Crippen LogP) is 3.68. The molecule has 1 atom stereocenters. The zero-order valence-electron chi connectivity index (χ0n) is 10.7. The van der Waals surface area contributed by atoms with E-state index in [0.717, 1.165) is 10.9 Å². The topological polar surface area (TPSA) is 29.1 Å². The largest absolute Gasteiger partial charge is 0.350 e. The van der Waals surface area contributed by atoms with E-state index >= 15 is 0 Å². The van der Waals surface area contributed by atoms with E-state index in [1.54, 1.807) is 0 Å². The number of amides is 1. The van der Waals surface area contributed by atoms with Gasteiger partial charge in [-0.1, -0.05) is 60.1 Å². The molecule has 0 heterocycles. The summed E-state index contributed by atoms with van der Waals surface area (Å²) in [6.07, 6.45) is 0.537. The fourth-order valence-electron chi connectivity index (χ4n) is 1.60. The van der Waals surface area contributed by atoms with Crippen LogP contribution in [0, 0.1) is 5.41 Å². The minimum atomic E-state index is 0.000487. The van der Waals surface area contributed by atoms with Crippen LogP contribution >= 0.6 is 15.9 Å². The molecule has 0 aliphatic rings. The first-order valence-corrected chi connectivity index (χ1v) is 6.97. The van der Waals surface area contributed by atoms with Crippen molar-refractivity contribution in [3.63, 3.8) is 0 Å². The fraction of sp³-hybridized carbons (Fsp3) is 0.500. The van der Waals surface area contributed by atoms with Gasteiger partial charge < -0.3 is 5.32 Å². The molecule has 1 unspecified atom stereocenters. The minimum absolute atomic E-state index is 0.000487. The van der Waals surface area contributed by atoms with E-state index < -0.39 is 0 Å². The summed E-state index contributed by atoms with van der Waals surface area (Å²) in [5, 5.41) is 3.85. The normalized spacial score (nSPS) is 13.2. The highest BCUT2D eigenvalue weighted by Gasteiger charge is 2.21. The van der Waals surface area contributed by atoms with Gasteiger partial charge in [0.25, 0.3) is 0 Å². The second-order valence-corrected chi connectivity index (χ2v) is 5.74. The molecular weight excluding hydrogens is 278 g/mol. The van der Waals surface area contributed by atoms with E-state index in [1.165, 1.54) is 0 Å². The number of rotatable bonds is 5. The van der Waals surface area contributed by atoms with Crippen molar-refractivity contribution in [2.24, 2.45) is 5.41 Å². The summed E-state index contributed by atoms with van der Waals surface area (Å²) in [5.41, 5.74) is 1.14. The number of carbonyl (C=O) groups excluding carboxylic acids is 1. The van der Waals surface area contributed by atoms with Gasteiger partial charge in [-0.05, 0) is 17.9 Å². The summed E-state index contributed by atoms with van der Waals surface area (Å²) in [4.78, 5) is 11.9. The number of halogens is 1. The lowest BCUT2D eigenvalue weighted by Gasteiger charge is -2.22. The van der Waals surface area contributed by atoms with Gasteiger partial charge in [0.1, 0.15) is 0 Å². The monoisotopic (exact) mass is 297 g/mol. The molecule has 0 fully saturated rings. The lowest BCUT2D eigenvalue weighted by molar-refractivity contribution is -0.123. The zero-order chi connectivity index (χ0) is 12.9. The van der Waals surface area contributed by atoms with Crippen LogP contribution in [0.2, 0.25) is 0 Å². The number of benzene rings is 1. The van der Waals surface area contributed by atoms with E-state index in [0.29, 0.717) is 6.42 Å². The first-order valence-electron chi connectivity index (χ1n) is 5.85. The van der Waals surface area contributed by atoms with Crippen LogP contribution in [0.25, 0.3) is 0 Å². The van der Waals surface area contributed by atoms with Gasteiger partial charge in [-0.25, -0.2) is 0 Å². The van der Waals surface area contributed by atoms with Gasteiger partial charge >= 0.3 is 0 Å². The first kappa shape index (κ1) is 14.2. The SMILES string of the molecule is CC(NC(=O)CC(C)(C)CBr)c1ccccc1. The van der Waals surface area contributed by atoms with E-state index in [1.807, 2.05) is 37.3 Å². The summed E-state index contributed by atoms with van der Waals surface area (Å²) in [6.45, 7) is 6.16. The van der Waals surface area contributed by atoms with Crippen LogP contribution in [0.15, 0.2) is 30.3 Å². The van der Waals surface area contributed by atoms with E-state index in [2.05, 4.69) is 35.1 Å². The van der Waals surface area contributed by atoms with Gasteiger partial charge in [-0.15, -0.1) is 0 Å². The molecule has 0 radical (unpaired) electrons. The zero-order valence-corrected chi connectivity index (χ0v) is 12.3. The Bertz CT molecular complexity index is 362. The maximum absolute atomic E-state index is 11.9. The summed E-state index contributed by atoms with van der Waals surface area (Å²) in [6, 6.07) is 10.1. The van der Waals surface area contributed by atoms with Crippen LogP contribution in [0.4, 0.5) is 0 Å². The fourth-order valence-corrected chi connectivity index (χ4v) is 1.80. The Labute approximate surface area is 112 Å². The Morgan fingerprint density at radius 3 is 2.47 bits per heavy atom. The maximum Gasteiger partial charge on any atom is 0.221 e. The van der Waals surface area contributed by atoms with Crippen molar-refractivity contribution in [2.45, 2.75) is 33.2 Å². The molecule has 1 amide bonds. The van der Waals surface area contributed by atoms with Crippen molar-refractivity contribution in [2.75, 3.05) is 5.33 Å². The van der Waals surface area contributed by atoms with Gasteiger partial charge in [-0.2, -0.15) is 0 Å². The van der Waals surface area contributed by atoms with Crippen LogP contribution < -0.4 is 5.32 Å². The third-order valence-corrected chi connectivity index (χ3v) is 4.20. The van der Waals surface area contributed by atoms with Crippen molar-refractivity contribution in [1.82, 2.24) is 5.32 Å². The Morgan fingerprint density at radius 2 is 1.94 bits per heavy atom. The van der Waals surface area contributed by atoms with Crippen molar-refractivity contribution >= 4 is 21.8 Å². The van der Waals surface area contributed by atoms with Crippen molar-refractivity contribution < 1.29 is 4.79 Å². The average molecular weight is 298 g/mol. The predicted molar refractivity (Wildman–Crippen MR) is 75.2 cm³/mol. The van der Waals surface area contributed by atoms with E-state index in [4.69, 9.17) is 0 Å². The second-order valence-electron chi connectivity index (χ2n) is 5.17. The molecular formula is C14H20BrNO. The quantitative estimate of drug-likeness (QED) is 0.826. The summed E-state index contributed by atoms with van der Waals surface area (Å²) in [7, 11) is 0. The van der Waals surface area contributed by atoms with E-state index in [9.17, 15) is 4.79 Å².